The van der Waals surface area contributed by atoms with Gasteiger partial charge in [-0.05, 0) is 165 Å². The number of rotatable bonds is 10. The second-order valence-corrected chi connectivity index (χ2v) is 18.6. The van der Waals surface area contributed by atoms with Crippen molar-refractivity contribution in [2.75, 3.05) is 7.05 Å². The summed E-state index contributed by atoms with van der Waals surface area (Å²) in [5, 5.41) is 11.3. The van der Waals surface area contributed by atoms with Crippen molar-refractivity contribution in [2.24, 2.45) is 0 Å². The molecule has 0 fully saturated rings. The van der Waals surface area contributed by atoms with Gasteiger partial charge in [0.15, 0.2) is 0 Å². The molecular formula is C65H56N4. The number of hydrogen-bond donors (Lipinski definition) is 3. The predicted molar refractivity (Wildman–Crippen MR) is 289 cm³/mol. The molecule has 3 aliphatic rings. The summed E-state index contributed by atoms with van der Waals surface area (Å²) in [7, 11) is 2.27. The molecule has 0 aromatic heterocycles. The molecule has 3 aliphatic heterocycles. The van der Waals surface area contributed by atoms with Crippen molar-refractivity contribution in [3.63, 3.8) is 0 Å². The van der Waals surface area contributed by atoms with Gasteiger partial charge in [-0.3, -0.25) is 4.90 Å². The highest BCUT2D eigenvalue weighted by Crippen LogP contribution is 2.42. The Balaban J connectivity index is 1.04. The van der Waals surface area contributed by atoms with Gasteiger partial charge in [-0.1, -0.05) is 182 Å². The number of dihydropyridines is 2. The maximum Gasteiger partial charge on any atom is 0.106 e. The molecule has 4 heteroatoms. The fraction of sp³-hybridized carbons (Fsp3) is 0.108. The molecule has 8 aromatic carbocycles. The highest BCUT2D eigenvalue weighted by atomic mass is 15.3. The first-order chi connectivity index (χ1) is 33.9. The maximum atomic E-state index is 4.11. The van der Waals surface area contributed by atoms with Crippen molar-refractivity contribution in [1.29, 1.82) is 0 Å². The highest BCUT2D eigenvalue weighted by molar-refractivity contribution is 5.79. The van der Waals surface area contributed by atoms with E-state index in [-0.39, 0.29) is 18.2 Å². The number of benzene rings is 8. The third-order valence-corrected chi connectivity index (χ3v) is 13.7. The van der Waals surface area contributed by atoms with Crippen LogP contribution < -0.4 is 16.0 Å². The zero-order valence-electron chi connectivity index (χ0n) is 39.4. The van der Waals surface area contributed by atoms with Gasteiger partial charge >= 0.3 is 0 Å². The fourth-order valence-electron chi connectivity index (χ4n) is 10.0. The number of likely N-dealkylation sites (N-methyl/N-ethyl adjacent to an activating group) is 1. The smallest absolute Gasteiger partial charge is 0.106 e. The zero-order valence-corrected chi connectivity index (χ0v) is 39.4. The molecular weight excluding hydrogens is 837 g/mol. The number of hydrogen-bond acceptors (Lipinski definition) is 4. The van der Waals surface area contributed by atoms with Gasteiger partial charge in [0.05, 0.1) is 12.1 Å². The van der Waals surface area contributed by atoms with Crippen LogP contribution in [0.5, 0.6) is 0 Å². The van der Waals surface area contributed by atoms with E-state index in [4.69, 9.17) is 0 Å². The average Bonchev–Trinajstić information content (AvgIpc) is 3.41. The second kappa shape index (κ2) is 19.2. The van der Waals surface area contributed by atoms with Crippen LogP contribution in [0.2, 0.25) is 0 Å². The molecule has 0 aliphatic carbocycles. The molecule has 4 atom stereocenters. The van der Waals surface area contributed by atoms with Crippen LogP contribution in [0.1, 0.15) is 59.9 Å². The molecule has 4 unspecified atom stereocenters. The molecule has 0 radical (unpaired) electrons. The lowest BCUT2D eigenvalue weighted by atomic mass is 9.89. The maximum absolute atomic E-state index is 4.11. The van der Waals surface area contributed by atoms with Crippen molar-refractivity contribution < 1.29 is 0 Å². The molecule has 0 bridgehead atoms. The number of nitrogens with one attached hydrogen (secondary N) is 3. The number of nitrogens with zero attached hydrogens (tertiary/aromatic N) is 1. The van der Waals surface area contributed by atoms with Gasteiger partial charge in [0.1, 0.15) is 6.17 Å². The third kappa shape index (κ3) is 9.41. The van der Waals surface area contributed by atoms with Crippen LogP contribution in [-0.4, -0.2) is 18.0 Å². The van der Waals surface area contributed by atoms with Gasteiger partial charge in [-0.15, -0.1) is 0 Å². The van der Waals surface area contributed by atoms with E-state index >= 15 is 0 Å². The van der Waals surface area contributed by atoms with Crippen LogP contribution >= 0.6 is 0 Å². The first-order valence-corrected chi connectivity index (χ1v) is 24.1. The summed E-state index contributed by atoms with van der Waals surface area (Å²) in [5.74, 6) is 0. The van der Waals surface area contributed by atoms with E-state index in [0.717, 1.165) is 17.0 Å². The van der Waals surface area contributed by atoms with Gasteiger partial charge in [0.25, 0.3) is 0 Å². The summed E-state index contributed by atoms with van der Waals surface area (Å²) in [4.78, 5) is 2.51. The Bertz CT molecular complexity index is 3270. The molecule has 4 nitrogen and oxygen atoms in total. The quantitative estimate of drug-likeness (QED) is 0.128. The molecule has 11 rings (SSSR count). The van der Waals surface area contributed by atoms with Gasteiger partial charge in [0, 0.05) is 23.1 Å². The normalized spacial score (nSPS) is 18.8. The molecule has 69 heavy (non-hydrogen) atoms. The van der Waals surface area contributed by atoms with Gasteiger partial charge < -0.3 is 16.0 Å². The Morgan fingerprint density at radius 3 is 1.43 bits per heavy atom. The van der Waals surface area contributed by atoms with Gasteiger partial charge in [-0.25, -0.2) is 0 Å². The Morgan fingerprint density at radius 1 is 0.377 bits per heavy atom. The third-order valence-electron chi connectivity index (χ3n) is 13.7. The molecule has 3 N–H and O–H groups in total. The summed E-state index contributed by atoms with van der Waals surface area (Å²) in [6.07, 6.45) is 15.2. The minimum absolute atomic E-state index is 0.0881. The van der Waals surface area contributed by atoms with Crippen LogP contribution in [0, 0.1) is 0 Å². The van der Waals surface area contributed by atoms with Gasteiger partial charge in [0.2, 0.25) is 0 Å². The molecule has 0 amide bonds. The Kier molecular flexibility index (Phi) is 12.1. The molecule has 0 saturated heterocycles. The summed E-state index contributed by atoms with van der Waals surface area (Å²) < 4.78 is 0. The molecule has 336 valence electrons. The Labute approximate surface area is 407 Å². The minimum atomic E-state index is -0.181. The van der Waals surface area contributed by atoms with E-state index in [1.165, 1.54) is 83.6 Å². The Morgan fingerprint density at radius 2 is 0.855 bits per heavy atom. The van der Waals surface area contributed by atoms with E-state index < -0.39 is 0 Å². The van der Waals surface area contributed by atoms with Crippen molar-refractivity contribution in [3.05, 3.63) is 276 Å². The minimum Gasteiger partial charge on any atom is -0.379 e. The van der Waals surface area contributed by atoms with Crippen molar-refractivity contribution in [1.82, 2.24) is 20.9 Å². The number of allylic oxidation sites excluding steroid dienone is 5. The lowest BCUT2D eigenvalue weighted by Gasteiger charge is -2.41. The second-order valence-electron chi connectivity index (χ2n) is 18.6. The van der Waals surface area contributed by atoms with E-state index in [2.05, 4.69) is 284 Å². The van der Waals surface area contributed by atoms with Crippen LogP contribution in [-0.2, 0) is 0 Å². The molecule has 8 aromatic rings. The van der Waals surface area contributed by atoms with Crippen LogP contribution in [0.15, 0.2) is 248 Å². The average molecular weight is 893 g/mol. The van der Waals surface area contributed by atoms with Crippen molar-refractivity contribution >= 4 is 11.4 Å². The highest BCUT2D eigenvalue weighted by Gasteiger charge is 2.32. The summed E-state index contributed by atoms with van der Waals surface area (Å²) in [6.45, 7) is 4.30. The predicted octanol–water partition coefficient (Wildman–Crippen LogP) is 15.3. The van der Waals surface area contributed by atoms with Crippen LogP contribution in [0.4, 0.5) is 0 Å². The monoisotopic (exact) mass is 892 g/mol. The lowest BCUT2D eigenvalue weighted by Crippen LogP contribution is -2.41. The van der Waals surface area contributed by atoms with E-state index in [9.17, 15) is 0 Å². The molecule has 3 heterocycles. The Hall–Kier alpha value is -8.18. The zero-order chi connectivity index (χ0) is 46.7. The first kappa shape index (κ1) is 43.4. The fourth-order valence-corrected chi connectivity index (χ4v) is 10.0. The van der Waals surface area contributed by atoms with Crippen LogP contribution in [0.3, 0.4) is 0 Å². The van der Waals surface area contributed by atoms with Crippen molar-refractivity contribution in [3.8, 4) is 55.6 Å². The largest absolute Gasteiger partial charge is 0.379 e. The SMILES string of the molecule is CC1=CC=CC(c2ccc(-c3cc(-c4ccccc4)cc(C4NC(c5cccc(-c6ccccc6)c5)=CC(c5cc(-c6ccccc6)cc(-c6ccc(C7=CC=CC(C)N7)cc6)c5)N4C)c3)cc2)N1. The summed E-state index contributed by atoms with van der Waals surface area (Å²) in [6, 6.07) is 74.0. The summed E-state index contributed by atoms with van der Waals surface area (Å²) in [5.41, 5.74) is 21.2. The summed E-state index contributed by atoms with van der Waals surface area (Å²) >= 11 is 0. The standard InChI is InChI=1S/C65H56N4/c1-44-16-13-26-61(66-44)51-32-28-49(29-33-51)56-37-55(47-20-9-5-10-21-47)39-59(40-56)64-43-63(54-25-15-24-53(36-54)46-18-7-4-8-19-46)68-65(69(64)3)60-41-57(48-22-11-6-12-23-48)38-58(42-60)50-30-34-52(35-31-50)62-27-14-17-45(2)67-62/h4-44,62,64-68H,1-3H3. The lowest BCUT2D eigenvalue weighted by molar-refractivity contribution is 0.177. The molecule has 0 spiro atoms. The molecule has 0 saturated carbocycles. The van der Waals surface area contributed by atoms with E-state index in [0.29, 0.717) is 6.04 Å². The van der Waals surface area contributed by atoms with Gasteiger partial charge in [-0.2, -0.15) is 0 Å². The topological polar surface area (TPSA) is 39.3 Å². The van der Waals surface area contributed by atoms with Crippen LogP contribution in [0.25, 0.3) is 67.0 Å². The van der Waals surface area contributed by atoms with E-state index in [1.807, 2.05) is 0 Å². The first-order valence-electron chi connectivity index (χ1n) is 24.1. The van der Waals surface area contributed by atoms with E-state index in [1.54, 1.807) is 0 Å². The van der Waals surface area contributed by atoms with Crippen molar-refractivity contribution in [2.45, 2.75) is 38.1 Å².